The highest BCUT2D eigenvalue weighted by atomic mass is 14.7. The molecule has 0 nitrogen and oxygen atoms in total. The molecule has 0 heterocycles. The van der Waals surface area contributed by atoms with Crippen molar-refractivity contribution in [1.29, 1.82) is 0 Å². The third kappa shape index (κ3) is 4.40. The number of terminal acetylenes is 1. The van der Waals surface area contributed by atoms with Crippen molar-refractivity contribution in [3.63, 3.8) is 0 Å². The van der Waals surface area contributed by atoms with Crippen LogP contribution in [-0.4, -0.2) is 0 Å². The first kappa shape index (κ1) is 34.3. The third-order valence-electron chi connectivity index (χ3n) is 24.5. The van der Waals surface area contributed by atoms with Crippen LogP contribution >= 0.6 is 0 Å². The van der Waals surface area contributed by atoms with Gasteiger partial charge in [-0.05, 0) is 336 Å². The van der Waals surface area contributed by atoms with E-state index in [9.17, 15) is 0 Å². The minimum atomic E-state index is 0.378. The normalized spacial score (nSPS) is 58.8. The van der Waals surface area contributed by atoms with E-state index in [4.69, 9.17) is 6.42 Å². The van der Waals surface area contributed by atoms with Crippen LogP contribution in [0.4, 0.5) is 0 Å². The molecule has 0 heteroatoms. The zero-order valence-corrected chi connectivity index (χ0v) is 36.5. The van der Waals surface area contributed by atoms with Crippen LogP contribution in [0.1, 0.15) is 226 Å². The van der Waals surface area contributed by atoms with Crippen LogP contribution in [0.5, 0.6) is 0 Å². The summed E-state index contributed by atoms with van der Waals surface area (Å²) in [5.41, 5.74) is 14.4. The lowest BCUT2D eigenvalue weighted by atomic mass is 9.37. The Morgan fingerprint density at radius 2 is 0.379 bits per heavy atom. The first-order valence-corrected chi connectivity index (χ1v) is 27.0. The van der Waals surface area contributed by atoms with Crippen LogP contribution in [0, 0.1) is 101 Å². The van der Waals surface area contributed by atoms with E-state index in [2.05, 4.69) is 22.6 Å². The quantitative estimate of drug-likeness (QED) is 0.262. The van der Waals surface area contributed by atoms with Crippen LogP contribution in [0.3, 0.4) is 0 Å². The van der Waals surface area contributed by atoms with Gasteiger partial charge in [0.05, 0.1) is 0 Å². The zero-order chi connectivity index (χ0) is 37.5. The topological polar surface area (TPSA) is 0 Å². The Morgan fingerprint density at radius 3 is 0.534 bits per heavy atom. The minimum Gasteiger partial charge on any atom is -0.115 e. The largest absolute Gasteiger partial charge is 0.115 e. The molecule has 0 saturated heterocycles. The van der Waals surface area contributed by atoms with E-state index < -0.39 is 0 Å². The van der Waals surface area contributed by atoms with Gasteiger partial charge in [-0.25, -0.2) is 0 Å². The van der Waals surface area contributed by atoms with E-state index in [0.717, 1.165) is 88.8 Å². The fraction of sp³-hybridized carbons (Fsp3) is 0.862. The number of rotatable bonds is 5. The van der Waals surface area contributed by atoms with Crippen LogP contribution in [-0.2, 0) is 27.1 Å². The second-order valence-electron chi connectivity index (χ2n) is 28.4. The fourth-order valence-corrected chi connectivity index (χ4v) is 25.6. The molecule has 0 N–H and O–H groups in total. The second-order valence-corrected chi connectivity index (χ2v) is 28.4. The second kappa shape index (κ2) is 11.1. The fourth-order valence-electron chi connectivity index (χ4n) is 25.6. The Kier molecular flexibility index (Phi) is 6.56. The molecule has 58 heavy (non-hydrogen) atoms. The molecule has 1 aromatic rings. The van der Waals surface area contributed by atoms with Crippen molar-refractivity contribution >= 4 is 0 Å². The van der Waals surface area contributed by atoms with Crippen LogP contribution in [0.2, 0.25) is 0 Å². The summed E-state index contributed by atoms with van der Waals surface area (Å²) < 4.78 is 0. The predicted octanol–water partition coefficient (Wildman–Crippen LogP) is 14.0. The molecule has 20 aliphatic rings. The van der Waals surface area contributed by atoms with Gasteiger partial charge in [-0.2, -0.15) is 0 Å². The van der Waals surface area contributed by atoms with Gasteiger partial charge in [0.15, 0.2) is 0 Å². The van der Waals surface area contributed by atoms with E-state index in [1.54, 1.807) is 160 Å². The monoisotopic (exact) mass is 773 g/mol. The van der Waals surface area contributed by atoms with Gasteiger partial charge in [0.1, 0.15) is 0 Å². The van der Waals surface area contributed by atoms with Gasteiger partial charge >= 0.3 is 0 Å². The Labute approximate surface area is 352 Å². The van der Waals surface area contributed by atoms with Crippen LogP contribution in [0.25, 0.3) is 0 Å². The van der Waals surface area contributed by atoms with E-state index in [1.807, 2.05) is 11.1 Å². The van der Waals surface area contributed by atoms with E-state index in [1.165, 1.54) is 38.5 Å². The standard InChI is InChI=1S/C58H76/c1-2-48-49(54-18-33-3-34(19-54)5-35(4-33)20-54)51(56-24-39-9-40(25-56)11-41(10-39)26-56)53(58-30-45-15-46(31-58)17-47(16-45)32-58)52(57-27-42-12-43(28-57)14-44(13-42)29-57)50(48)55-21-36-6-37(22-55)8-38(7-36)23-55/h1,33-47H,3-32H2. The van der Waals surface area contributed by atoms with Crippen molar-refractivity contribution in [3.05, 3.63) is 33.4 Å². The van der Waals surface area contributed by atoms with Crippen molar-refractivity contribution in [2.45, 2.75) is 220 Å². The Bertz CT molecular complexity index is 1740. The summed E-state index contributed by atoms with van der Waals surface area (Å²) >= 11 is 0. The third-order valence-corrected chi connectivity index (χ3v) is 24.5. The maximum atomic E-state index is 7.62. The first-order chi connectivity index (χ1) is 28.2. The van der Waals surface area contributed by atoms with Gasteiger partial charge in [-0.3, -0.25) is 0 Å². The summed E-state index contributed by atoms with van der Waals surface area (Å²) in [5.74, 6) is 19.0. The maximum absolute atomic E-state index is 7.62. The van der Waals surface area contributed by atoms with Gasteiger partial charge in [0, 0.05) is 5.56 Å². The average Bonchev–Trinajstić information content (AvgIpc) is 3.14. The molecule has 0 unspecified atom stereocenters. The first-order valence-electron chi connectivity index (χ1n) is 27.0. The van der Waals surface area contributed by atoms with E-state index >= 15 is 0 Å². The minimum absolute atomic E-state index is 0.378. The van der Waals surface area contributed by atoms with Gasteiger partial charge in [0.2, 0.25) is 0 Å². The number of benzene rings is 1. The van der Waals surface area contributed by atoms with Gasteiger partial charge < -0.3 is 0 Å². The molecule has 20 fully saturated rings. The van der Waals surface area contributed by atoms with E-state index in [-0.39, 0.29) is 0 Å². The Balaban J connectivity index is 1.08. The molecule has 20 bridgehead atoms. The predicted molar refractivity (Wildman–Crippen MR) is 234 cm³/mol. The van der Waals surface area contributed by atoms with Crippen LogP contribution < -0.4 is 0 Å². The molecule has 0 amide bonds. The summed E-state index contributed by atoms with van der Waals surface area (Å²) in [7, 11) is 0. The molecule has 21 rings (SSSR count). The molecule has 20 saturated carbocycles. The SMILES string of the molecule is C#Cc1c(C23CC4CC(CC(C4)C2)C3)c(C23CC4CC(CC(C4)C2)C3)c(C23CC4CC(CC(C4)C2)C3)c(C23CC4CC(CC(C4)C2)C3)c1C12CC3CC(CC(C3)C1)C2. The lowest BCUT2D eigenvalue weighted by molar-refractivity contribution is -0.0326. The molecule has 1 aromatic carbocycles. The smallest absolute Gasteiger partial charge is 0.0324 e. The lowest BCUT2D eigenvalue weighted by Gasteiger charge is -2.67. The summed E-state index contributed by atoms with van der Waals surface area (Å²) in [6, 6.07) is 0. The molecular weight excluding hydrogens is 697 g/mol. The molecule has 308 valence electrons. The number of hydrogen-bond acceptors (Lipinski definition) is 0. The Morgan fingerprint density at radius 1 is 0.241 bits per heavy atom. The lowest BCUT2D eigenvalue weighted by Crippen LogP contribution is -2.58. The zero-order valence-electron chi connectivity index (χ0n) is 36.5. The highest BCUT2D eigenvalue weighted by Gasteiger charge is 2.66. The van der Waals surface area contributed by atoms with Gasteiger partial charge in [0.25, 0.3) is 0 Å². The van der Waals surface area contributed by atoms with Crippen molar-refractivity contribution in [2.24, 2.45) is 88.8 Å². The van der Waals surface area contributed by atoms with Crippen molar-refractivity contribution < 1.29 is 0 Å². The molecule has 0 aromatic heterocycles. The summed E-state index contributed by atoms with van der Waals surface area (Å²) in [5, 5.41) is 0. The molecule has 0 aliphatic heterocycles. The summed E-state index contributed by atoms with van der Waals surface area (Å²) in [6.45, 7) is 0. The molecule has 0 radical (unpaired) electrons. The van der Waals surface area contributed by atoms with Crippen molar-refractivity contribution in [1.82, 2.24) is 0 Å². The molecule has 0 atom stereocenters. The van der Waals surface area contributed by atoms with E-state index in [0.29, 0.717) is 27.1 Å². The van der Waals surface area contributed by atoms with Gasteiger partial charge in [-0.15, -0.1) is 6.42 Å². The summed E-state index contributed by atoms with van der Waals surface area (Å²) in [6.07, 6.45) is 54.4. The van der Waals surface area contributed by atoms with Crippen LogP contribution in [0.15, 0.2) is 0 Å². The molecule has 20 aliphatic carbocycles. The highest BCUT2D eigenvalue weighted by molar-refractivity contribution is 5.69. The van der Waals surface area contributed by atoms with Gasteiger partial charge in [-0.1, -0.05) is 5.92 Å². The Hall–Kier alpha value is -1.22. The maximum Gasteiger partial charge on any atom is 0.0324 e. The number of hydrogen-bond donors (Lipinski definition) is 0. The molecular formula is C58H76. The highest BCUT2D eigenvalue weighted by Crippen LogP contribution is 2.75. The summed E-state index contributed by atoms with van der Waals surface area (Å²) in [4.78, 5) is 0. The van der Waals surface area contributed by atoms with Crippen molar-refractivity contribution in [2.75, 3.05) is 0 Å². The van der Waals surface area contributed by atoms with Crippen molar-refractivity contribution in [3.8, 4) is 12.3 Å². The molecule has 0 spiro atoms. The average molecular weight is 773 g/mol.